The van der Waals surface area contributed by atoms with Crippen LogP contribution in [0.15, 0.2) is 33.9 Å². The first-order valence-electron chi connectivity index (χ1n) is 8.17. The maximum atomic E-state index is 5.28. The number of aliphatic imine (C=N–C) groups is 1. The number of hydrogen-bond donors (Lipinski definition) is 2. The van der Waals surface area contributed by atoms with Crippen molar-refractivity contribution in [3.63, 3.8) is 0 Å². The van der Waals surface area contributed by atoms with Crippen LogP contribution in [0.2, 0.25) is 0 Å². The Morgan fingerprint density at radius 1 is 1.28 bits per heavy atom. The highest BCUT2D eigenvalue weighted by atomic mass is 127. The van der Waals surface area contributed by atoms with Gasteiger partial charge in [0.25, 0.3) is 5.89 Å². The molecule has 0 radical (unpaired) electrons. The Morgan fingerprint density at radius 2 is 2.16 bits per heavy atom. The first-order valence-corrected chi connectivity index (χ1v) is 8.17. The molecule has 2 aromatic rings. The van der Waals surface area contributed by atoms with Gasteiger partial charge in [0, 0.05) is 32.3 Å². The van der Waals surface area contributed by atoms with Crippen molar-refractivity contribution in [1.29, 1.82) is 0 Å². The van der Waals surface area contributed by atoms with Crippen LogP contribution >= 0.6 is 24.0 Å². The molecule has 2 N–H and O–H groups in total. The van der Waals surface area contributed by atoms with Gasteiger partial charge in [-0.2, -0.15) is 4.98 Å². The lowest BCUT2D eigenvalue weighted by molar-refractivity contribution is 0.155. The van der Waals surface area contributed by atoms with Gasteiger partial charge in [0.1, 0.15) is 5.69 Å². The van der Waals surface area contributed by atoms with Crippen molar-refractivity contribution in [2.75, 3.05) is 32.8 Å². The molecule has 0 fully saturated rings. The maximum Gasteiger partial charge on any atom is 0.276 e. The second kappa shape index (κ2) is 12.6. The fourth-order valence-corrected chi connectivity index (χ4v) is 1.95. The molecule has 0 atom stereocenters. The van der Waals surface area contributed by atoms with Crippen LogP contribution in [-0.4, -0.2) is 53.9 Å². The van der Waals surface area contributed by atoms with Gasteiger partial charge in [-0.3, -0.25) is 9.98 Å². The third-order valence-electron chi connectivity index (χ3n) is 3.05. The molecule has 2 rings (SSSR count). The Hall–Kier alpha value is -1.75. The summed E-state index contributed by atoms with van der Waals surface area (Å²) in [5.74, 6) is 1.82. The molecule has 25 heavy (non-hydrogen) atoms. The first kappa shape index (κ1) is 21.3. The predicted molar refractivity (Wildman–Crippen MR) is 107 cm³/mol. The molecule has 0 aliphatic heterocycles. The molecule has 8 nitrogen and oxygen atoms in total. The number of aromatic nitrogens is 3. The Balaban J connectivity index is 0.00000312. The lowest BCUT2D eigenvalue weighted by atomic mass is 10.3. The summed E-state index contributed by atoms with van der Waals surface area (Å²) in [5.41, 5.74) is 0.676. The van der Waals surface area contributed by atoms with E-state index >= 15 is 0 Å². The quantitative estimate of drug-likeness (QED) is 0.255. The van der Waals surface area contributed by atoms with Crippen molar-refractivity contribution in [3.8, 4) is 11.6 Å². The average molecular weight is 460 g/mol. The van der Waals surface area contributed by atoms with Crippen LogP contribution in [0.1, 0.15) is 19.7 Å². The van der Waals surface area contributed by atoms with Crippen LogP contribution in [0.25, 0.3) is 11.6 Å². The van der Waals surface area contributed by atoms with E-state index in [9.17, 15) is 0 Å². The number of halogens is 1. The molecule has 0 saturated heterocycles. The molecular formula is C16H25IN6O2. The van der Waals surface area contributed by atoms with E-state index in [1.54, 1.807) is 6.20 Å². The van der Waals surface area contributed by atoms with Gasteiger partial charge < -0.3 is 19.9 Å². The van der Waals surface area contributed by atoms with Gasteiger partial charge in [0.05, 0.1) is 13.2 Å². The van der Waals surface area contributed by atoms with E-state index in [1.807, 2.05) is 32.0 Å². The van der Waals surface area contributed by atoms with Crippen molar-refractivity contribution in [2.45, 2.75) is 20.3 Å². The van der Waals surface area contributed by atoms with Gasteiger partial charge >= 0.3 is 0 Å². The van der Waals surface area contributed by atoms with Crippen LogP contribution in [0.4, 0.5) is 0 Å². The first-order chi connectivity index (χ1) is 11.8. The molecular weight excluding hydrogens is 435 g/mol. The Bertz CT molecular complexity index is 620. The molecule has 0 saturated carbocycles. The van der Waals surface area contributed by atoms with E-state index in [0.717, 1.165) is 12.5 Å². The van der Waals surface area contributed by atoms with Crippen LogP contribution in [-0.2, 0) is 11.2 Å². The van der Waals surface area contributed by atoms with Gasteiger partial charge in [-0.25, -0.2) is 0 Å². The number of rotatable bonds is 9. The summed E-state index contributed by atoms with van der Waals surface area (Å²) in [5, 5.41) is 10.4. The molecule has 0 unspecified atom stereocenters. The van der Waals surface area contributed by atoms with E-state index in [-0.39, 0.29) is 24.0 Å². The topological polar surface area (TPSA) is 97.5 Å². The highest BCUT2D eigenvalue weighted by Crippen LogP contribution is 2.12. The lowest BCUT2D eigenvalue weighted by Crippen LogP contribution is -2.38. The van der Waals surface area contributed by atoms with E-state index in [2.05, 4.69) is 30.8 Å². The highest BCUT2D eigenvalue weighted by molar-refractivity contribution is 14.0. The predicted octanol–water partition coefficient (Wildman–Crippen LogP) is 1.88. The number of ether oxygens (including phenoxy) is 1. The van der Waals surface area contributed by atoms with E-state index in [0.29, 0.717) is 50.1 Å². The monoisotopic (exact) mass is 460 g/mol. The number of pyridine rings is 1. The van der Waals surface area contributed by atoms with E-state index in [1.165, 1.54) is 0 Å². The summed E-state index contributed by atoms with van der Waals surface area (Å²) in [6.07, 6.45) is 2.33. The zero-order valence-corrected chi connectivity index (χ0v) is 16.9. The second-order valence-corrected chi connectivity index (χ2v) is 4.87. The lowest BCUT2D eigenvalue weighted by Gasteiger charge is -2.10. The molecule has 9 heteroatoms. The van der Waals surface area contributed by atoms with Crippen LogP contribution in [0, 0.1) is 0 Å². The average Bonchev–Trinajstić information content (AvgIpc) is 3.08. The molecule has 0 spiro atoms. The Kier molecular flexibility index (Phi) is 10.7. The third-order valence-corrected chi connectivity index (χ3v) is 3.05. The standard InChI is InChI=1S/C16H24N6O2.HI/c1-3-17-16(20-11-12-23-4-2)19-10-8-14-21-15(24-22-14)13-7-5-6-9-18-13;/h5-7,9H,3-4,8,10-12H2,1-2H3,(H2,17,19,20);1H. The summed E-state index contributed by atoms with van der Waals surface area (Å²) < 4.78 is 10.5. The Morgan fingerprint density at radius 3 is 2.88 bits per heavy atom. The van der Waals surface area contributed by atoms with Gasteiger partial charge in [0.2, 0.25) is 0 Å². The van der Waals surface area contributed by atoms with Gasteiger partial charge in [0.15, 0.2) is 11.8 Å². The molecule has 138 valence electrons. The molecule has 0 aromatic carbocycles. The molecule has 0 bridgehead atoms. The minimum atomic E-state index is 0. The minimum absolute atomic E-state index is 0. The fourth-order valence-electron chi connectivity index (χ4n) is 1.95. The second-order valence-electron chi connectivity index (χ2n) is 4.87. The summed E-state index contributed by atoms with van der Waals surface area (Å²) in [4.78, 5) is 13.0. The zero-order valence-electron chi connectivity index (χ0n) is 14.6. The third kappa shape index (κ3) is 7.78. The van der Waals surface area contributed by atoms with Crippen molar-refractivity contribution >= 4 is 29.9 Å². The molecule has 2 heterocycles. The number of nitrogens with zero attached hydrogens (tertiary/aromatic N) is 4. The van der Waals surface area contributed by atoms with Crippen molar-refractivity contribution in [2.24, 2.45) is 4.99 Å². The molecule has 0 aliphatic rings. The summed E-state index contributed by atoms with van der Waals surface area (Å²) in [7, 11) is 0. The molecule has 2 aromatic heterocycles. The van der Waals surface area contributed by atoms with Crippen molar-refractivity contribution < 1.29 is 9.26 Å². The van der Waals surface area contributed by atoms with Crippen LogP contribution in [0.5, 0.6) is 0 Å². The number of nitrogens with one attached hydrogen (secondary N) is 2. The minimum Gasteiger partial charge on any atom is -0.380 e. The van der Waals surface area contributed by atoms with Crippen LogP contribution < -0.4 is 10.6 Å². The number of hydrogen-bond acceptors (Lipinski definition) is 6. The van der Waals surface area contributed by atoms with Crippen molar-refractivity contribution in [1.82, 2.24) is 25.8 Å². The summed E-state index contributed by atoms with van der Waals surface area (Å²) in [6, 6.07) is 5.57. The smallest absolute Gasteiger partial charge is 0.276 e. The maximum absolute atomic E-state index is 5.28. The van der Waals surface area contributed by atoms with Gasteiger partial charge in [-0.1, -0.05) is 11.2 Å². The Labute approximate surface area is 164 Å². The van der Waals surface area contributed by atoms with Crippen molar-refractivity contribution in [3.05, 3.63) is 30.2 Å². The number of guanidine groups is 1. The summed E-state index contributed by atoms with van der Waals surface area (Å²) >= 11 is 0. The highest BCUT2D eigenvalue weighted by Gasteiger charge is 2.09. The zero-order chi connectivity index (χ0) is 17.0. The van der Waals surface area contributed by atoms with Gasteiger partial charge in [-0.15, -0.1) is 24.0 Å². The molecule has 0 amide bonds. The SMILES string of the molecule is CCNC(=NCCOCC)NCCc1noc(-c2ccccn2)n1.I. The fraction of sp³-hybridized carbons (Fsp3) is 0.500. The summed E-state index contributed by atoms with van der Waals surface area (Å²) in [6.45, 7) is 7.39. The molecule has 0 aliphatic carbocycles. The van der Waals surface area contributed by atoms with Gasteiger partial charge in [-0.05, 0) is 26.0 Å². The largest absolute Gasteiger partial charge is 0.380 e. The van der Waals surface area contributed by atoms with Crippen LogP contribution in [0.3, 0.4) is 0 Å². The normalized spacial score (nSPS) is 11.0. The van der Waals surface area contributed by atoms with E-state index < -0.39 is 0 Å². The van der Waals surface area contributed by atoms with E-state index in [4.69, 9.17) is 9.26 Å².